The molecule has 84 valence electrons. The second kappa shape index (κ2) is 5.13. The molecule has 0 spiro atoms. The second-order valence-corrected chi connectivity index (χ2v) is 5.31. The summed E-state index contributed by atoms with van der Waals surface area (Å²) in [5, 5.41) is 0. The van der Waals surface area contributed by atoms with Crippen LogP contribution in [0.3, 0.4) is 0 Å². The maximum absolute atomic E-state index is 5.62. The molecule has 0 aliphatic heterocycles. The Labute approximate surface area is 88.8 Å². The second-order valence-electron chi connectivity index (χ2n) is 5.31. The molecule has 0 aromatic heterocycles. The van der Waals surface area contributed by atoms with E-state index in [1.165, 1.54) is 25.7 Å². The number of nitrogens with zero attached hydrogens (tertiary/aromatic N) is 1. The summed E-state index contributed by atoms with van der Waals surface area (Å²) in [6, 6.07) is 0.802. The minimum absolute atomic E-state index is 0.582. The van der Waals surface area contributed by atoms with E-state index >= 15 is 0 Å². The Morgan fingerprint density at radius 2 is 1.86 bits per heavy atom. The predicted octanol–water partition coefficient (Wildman–Crippen LogP) is 2.24. The van der Waals surface area contributed by atoms with Crippen molar-refractivity contribution in [2.24, 2.45) is 11.1 Å². The van der Waals surface area contributed by atoms with Crippen LogP contribution in [-0.4, -0.2) is 30.6 Å². The first-order valence-corrected chi connectivity index (χ1v) is 6.03. The van der Waals surface area contributed by atoms with Gasteiger partial charge in [0.2, 0.25) is 0 Å². The molecule has 0 bridgehead atoms. The van der Waals surface area contributed by atoms with E-state index in [0.29, 0.717) is 5.41 Å². The van der Waals surface area contributed by atoms with Crippen LogP contribution in [0.2, 0.25) is 0 Å². The van der Waals surface area contributed by atoms with Gasteiger partial charge >= 0.3 is 0 Å². The fourth-order valence-corrected chi connectivity index (χ4v) is 2.51. The van der Waals surface area contributed by atoms with Crippen LogP contribution in [0.5, 0.6) is 0 Å². The number of likely N-dealkylation sites (N-methyl/N-ethyl adjacent to an activating group) is 1. The van der Waals surface area contributed by atoms with E-state index in [0.717, 1.165) is 25.7 Å². The summed E-state index contributed by atoms with van der Waals surface area (Å²) in [4.78, 5) is 2.55. The largest absolute Gasteiger partial charge is 0.329 e. The molecule has 1 aliphatic carbocycles. The third-order valence-corrected chi connectivity index (χ3v) is 3.65. The normalized spacial score (nSPS) is 22.9. The minimum atomic E-state index is 0.582. The standard InChI is InChI=1S/C12H26N2/c1-4-14(10-9-13)11-5-7-12(2,3)8-6-11/h11H,4-10,13H2,1-3H3. The zero-order valence-corrected chi connectivity index (χ0v) is 10.1. The van der Waals surface area contributed by atoms with Crippen LogP contribution in [0.25, 0.3) is 0 Å². The molecule has 0 atom stereocenters. The van der Waals surface area contributed by atoms with Crippen molar-refractivity contribution in [3.8, 4) is 0 Å². The van der Waals surface area contributed by atoms with Crippen LogP contribution in [-0.2, 0) is 0 Å². The molecule has 1 saturated carbocycles. The highest BCUT2D eigenvalue weighted by Gasteiger charge is 2.28. The third kappa shape index (κ3) is 3.25. The van der Waals surface area contributed by atoms with Gasteiger partial charge in [-0.15, -0.1) is 0 Å². The zero-order valence-electron chi connectivity index (χ0n) is 10.1. The first-order chi connectivity index (χ1) is 6.59. The van der Waals surface area contributed by atoms with Gasteiger partial charge in [-0.05, 0) is 37.6 Å². The molecule has 1 fully saturated rings. The molecule has 0 radical (unpaired) electrons. The van der Waals surface area contributed by atoms with E-state index in [4.69, 9.17) is 5.73 Å². The fraction of sp³-hybridized carbons (Fsp3) is 1.00. The van der Waals surface area contributed by atoms with Gasteiger partial charge in [0.05, 0.1) is 0 Å². The highest BCUT2D eigenvalue weighted by molar-refractivity contribution is 4.83. The lowest BCUT2D eigenvalue weighted by atomic mass is 9.75. The molecule has 1 aliphatic rings. The smallest absolute Gasteiger partial charge is 0.0107 e. The van der Waals surface area contributed by atoms with E-state index in [2.05, 4.69) is 25.7 Å². The summed E-state index contributed by atoms with van der Waals surface area (Å²) in [6.07, 6.45) is 5.47. The van der Waals surface area contributed by atoms with Crippen molar-refractivity contribution in [1.82, 2.24) is 4.90 Å². The van der Waals surface area contributed by atoms with Gasteiger partial charge in [-0.25, -0.2) is 0 Å². The van der Waals surface area contributed by atoms with Crippen LogP contribution in [0.15, 0.2) is 0 Å². The number of hydrogen-bond donors (Lipinski definition) is 1. The number of hydrogen-bond acceptors (Lipinski definition) is 2. The van der Waals surface area contributed by atoms with E-state index < -0.39 is 0 Å². The lowest BCUT2D eigenvalue weighted by Crippen LogP contribution is -2.42. The minimum Gasteiger partial charge on any atom is -0.329 e. The van der Waals surface area contributed by atoms with Crippen LogP contribution >= 0.6 is 0 Å². The molecular formula is C12H26N2. The topological polar surface area (TPSA) is 29.3 Å². The summed E-state index contributed by atoms with van der Waals surface area (Å²) >= 11 is 0. The molecule has 14 heavy (non-hydrogen) atoms. The van der Waals surface area contributed by atoms with Crippen molar-refractivity contribution in [2.75, 3.05) is 19.6 Å². The van der Waals surface area contributed by atoms with Crippen LogP contribution < -0.4 is 5.73 Å². The maximum atomic E-state index is 5.62. The van der Waals surface area contributed by atoms with Crippen LogP contribution in [0, 0.1) is 5.41 Å². The lowest BCUT2D eigenvalue weighted by Gasteiger charge is -2.39. The maximum Gasteiger partial charge on any atom is 0.0107 e. The first kappa shape index (κ1) is 12.0. The van der Waals surface area contributed by atoms with Gasteiger partial charge in [-0.1, -0.05) is 20.8 Å². The first-order valence-electron chi connectivity index (χ1n) is 6.03. The Hall–Kier alpha value is -0.0800. The average molecular weight is 198 g/mol. The van der Waals surface area contributed by atoms with Crippen molar-refractivity contribution in [2.45, 2.75) is 52.5 Å². The predicted molar refractivity (Wildman–Crippen MR) is 62.3 cm³/mol. The molecule has 1 rings (SSSR count). The summed E-state index contributed by atoms with van der Waals surface area (Å²) < 4.78 is 0. The summed E-state index contributed by atoms with van der Waals surface area (Å²) in [7, 11) is 0. The Kier molecular flexibility index (Phi) is 4.39. The van der Waals surface area contributed by atoms with Crippen molar-refractivity contribution in [3.05, 3.63) is 0 Å². The molecule has 2 heteroatoms. The molecule has 2 nitrogen and oxygen atoms in total. The molecule has 2 N–H and O–H groups in total. The van der Waals surface area contributed by atoms with Crippen molar-refractivity contribution in [1.29, 1.82) is 0 Å². The van der Waals surface area contributed by atoms with Crippen molar-refractivity contribution in [3.63, 3.8) is 0 Å². The van der Waals surface area contributed by atoms with Gasteiger partial charge in [-0.3, -0.25) is 4.90 Å². The summed E-state index contributed by atoms with van der Waals surface area (Å²) in [5.41, 5.74) is 6.21. The Morgan fingerprint density at radius 1 is 1.29 bits per heavy atom. The van der Waals surface area contributed by atoms with E-state index in [1.54, 1.807) is 0 Å². The Morgan fingerprint density at radius 3 is 2.29 bits per heavy atom. The molecule has 0 amide bonds. The SMILES string of the molecule is CCN(CCN)C1CCC(C)(C)CC1. The number of nitrogens with two attached hydrogens (primary N) is 1. The Balaban J connectivity index is 2.39. The quantitative estimate of drug-likeness (QED) is 0.750. The number of rotatable bonds is 4. The molecule has 0 heterocycles. The van der Waals surface area contributed by atoms with Gasteiger partial charge in [0.15, 0.2) is 0 Å². The zero-order chi connectivity index (χ0) is 10.6. The van der Waals surface area contributed by atoms with Gasteiger partial charge in [0.1, 0.15) is 0 Å². The van der Waals surface area contributed by atoms with Crippen LogP contribution in [0.4, 0.5) is 0 Å². The average Bonchev–Trinajstić information content (AvgIpc) is 2.15. The van der Waals surface area contributed by atoms with Crippen molar-refractivity contribution >= 4 is 0 Å². The van der Waals surface area contributed by atoms with Gasteiger partial charge in [-0.2, -0.15) is 0 Å². The highest BCUT2D eigenvalue weighted by Crippen LogP contribution is 2.36. The van der Waals surface area contributed by atoms with Crippen LogP contribution in [0.1, 0.15) is 46.5 Å². The summed E-state index contributed by atoms with van der Waals surface area (Å²) in [5.74, 6) is 0. The molecular weight excluding hydrogens is 172 g/mol. The monoisotopic (exact) mass is 198 g/mol. The van der Waals surface area contributed by atoms with Crippen molar-refractivity contribution < 1.29 is 0 Å². The Bertz CT molecular complexity index is 156. The van der Waals surface area contributed by atoms with Gasteiger partial charge in [0, 0.05) is 19.1 Å². The lowest BCUT2D eigenvalue weighted by molar-refractivity contribution is 0.114. The highest BCUT2D eigenvalue weighted by atomic mass is 15.2. The summed E-state index contributed by atoms with van der Waals surface area (Å²) in [6.45, 7) is 10.1. The molecule has 0 unspecified atom stereocenters. The fourth-order valence-electron chi connectivity index (χ4n) is 2.51. The molecule has 0 aromatic rings. The van der Waals surface area contributed by atoms with E-state index in [9.17, 15) is 0 Å². The molecule has 0 saturated heterocycles. The molecule has 0 aromatic carbocycles. The van der Waals surface area contributed by atoms with Gasteiger partial charge < -0.3 is 5.73 Å². The van der Waals surface area contributed by atoms with E-state index in [-0.39, 0.29) is 0 Å². The third-order valence-electron chi connectivity index (χ3n) is 3.65. The van der Waals surface area contributed by atoms with Gasteiger partial charge in [0.25, 0.3) is 0 Å². The van der Waals surface area contributed by atoms with E-state index in [1.807, 2.05) is 0 Å².